The van der Waals surface area contributed by atoms with Crippen LogP contribution >= 0.6 is 11.6 Å². The van der Waals surface area contributed by atoms with Gasteiger partial charge in [-0.05, 0) is 54.3 Å². The molecule has 3 aromatic carbocycles. The first-order valence-electron chi connectivity index (χ1n) is 10.2. The Hall–Kier alpha value is -3.38. The van der Waals surface area contributed by atoms with E-state index in [4.69, 9.17) is 16.3 Å². The summed E-state index contributed by atoms with van der Waals surface area (Å²) in [5.41, 5.74) is 3.83. The van der Waals surface area contributed by atoms with Gasteiger partial charge in [0.1, 0.15) is 16.8 Å². The summed E-state index contributed by atoms with van der Waals surface area (Å²) < 4.78 is 5.61. The monoisotopic (exact) mass is 434 g/mol. The molecule has 0 saturated heterocycles. The highest BCUT2D eigenvalue weighted by molar-refractivity contribution is 6.34. The number of hydrogen-bond acceptors (Lipinski definition) is 4. The second kappa shape index (κ2) is 9.18. The van der Waals surface area contributed by atoms with E-state index in [0.29, 0.717) is 33.4 Å². The van der Waals surface area contributed by atoms with Gasteiger partial charge in [-0.15, -0.1) is 10.2 Å². The molecule has 0 aliphatic rings. The Labute approximate surface area is 185 Å². The van der Waals surface area contributed by atoms with Gasteiger partial charge in [-0.3, -0.25) is 4.79 Å². The molecule has 158 valence electrons. The van der Waals surface area contributed by atoms with Crippen LogP contribution in [0.5, 0.6) is 5.75 Å². The fourth-order valence-electron chi connectivity index (χ4n) is 3.17. The number of amides is 1. The molecular formula is C24H23ClN4O2. The van der Waals surface area contributed by atoms with Crippen LogP contribution in [0.1, 0.15) is 31.7 Å². The van der Waals surface area contributed by atoms with Crippen molar-refractivity contribution in [2.45, 2.75) is 26.2 Å². The normalized spacial score (nSPS) is 12.0. The molecule has 1 amide bonds. The zero-order valence-electron chi connectivity index (χ0n) is 17.4. The molecular weight excluding hydrogens is 412 g/mol. The summed E-state index contributed by atoms with van der Waals surface area (Å²) in [7, 11) is 0. The van der Waals surface area contributed by atoms with E-state index in [1.807, 2.05) is 54.6 Å². The molecule has 4 aromatic rings. The zero-order valence-corrected chi connectivity index (χ0v) is 18.1. The zero-order chi connectivity index (χ0) is 21.8. The summed E-state index contributed by atoms with van der Waals surface area (Å²) in [4.78, 5) is 13.9. The van der Waals surface area contributed by atoms with Crippen LogP contribution in [0.25, 0.3) is 16.7 Å². The summed E-state index contributed by atoms with van der Waals surface area (Å²) in [5, 5.41) is 12.1. The third-order valence-corrected chi connectivity index (χ3v) is 5.47. The van der Waals surface area contributed by atoms with Crippen molar-refractivity contribution < 1.29 is 9.53 Å². The summed E-state index contributed by atoms with van der Waals surface area (Å²) in [5.74, 6) is 0.839. The standard InChI is InChI=1S/C24H23ClN4O2/c1-3-16(2)17-9-11-19(12-10-17)31-15-24(30)26-21-14-23-22(13-20(21)25)27-29(28-23)18-7-5-4-6-8-18/h4-14,16H,3,15H2,1-2H3,(H,26,30)/t16-/m0/s1. The first-order valence-corrected chi connectivity index (χ1v) is 10.6. The van der Waals surface area contributed by atoms with Gasteiger partial charge >= 0.3 is 0 Å². The first-order chi connectivity index (χ1) is 15.0. The number of anilines is 1. The molecule has 0 fully saturated rings. The number of ether oxygens (including phenoxy) is 1. The Morgan fingerprint density at radius 3 is 2.42 bits per heavy atom. The number of aromatic nitrogens is 3. The minimum atomic E-state index is -0.303. The summed E-state index contributed by atoms with van der Waals surface area (Å²) >= 11 is 6.35. The molecule has 0 spiro atoms. The molecule has 0 unspecified atom stereocenters. The van der Waals surface area contributed by atoms with Crippen molar-refractivity contribution in [3.63, 3.8) is 0 Å². The van der Waals surface area contributed by atoms with Gasteiger partial charge in [0.05, 0.1) is 16.4 Å². The number of fused-ring (bicyclic) bond motifs is 1. The summed E-state index contributed by atoms with van der Waals surface area (Å²) in [6.45, 7) is 4.22. The van der Waals surface area contributed by atoms with Crippen molar-refractivity contribution in [3.8, 4) is 11.4 Å². The minimum Gasteiger partial charge on any atom is -0.484 e. The highest BCUT2D eigenvalue weighted by Crippen LogP contribution is 2.27. The Kier molecular flexibility index (Phi) is 6.18. The number of hydrogen-bond donors (Lipinski definition) is 1. The van der Waals surface area contributed by atoms with E-state index in [1.165, 1.54) is 5.56 Å². The predicted octanol–water partition coefficient (Wildman–Crippen LogP) is 5.60. The SMILES string of the molecule is CC[C@H](C)c1ccc(OCC(=O)Nc2cc3nn(-c4ccccc4)nc3cc2Cl)cc1. The lowest BCUT2D eigenvalue weighted by molar-refractivity contribution is -0.118. The molecule has 1 aromatic heterocycles. The minimum absolute atomic E-state index is 0.117. The van der Waals surface area contributed by atoms with Gasteiger partial charge in [-0.25, -0.2) is 0 Å². The maximum absolute atomic E-state index is 12.4. The molecule has 0 radical (unpaired) electrons. The van der Waals surface area contributed by atoms with Crippen LogP contribution in [-0.4, -0.2) is 27.5 Å². The number of nitrogens with one attached hydrogen (secondary N) is 1. The number of nitrogens with zero attached hydrogens (tertiary/aromatic N) is 3. The second-order valence-corrected chi connectivity index (χ2v) is 7.77. The molecule has 0 bridgehead atoms. The van der Waals surface area contributed by atoms with Gasteiger partial charge in [0.2, 0.25) is 0 Å². The van der Waals surface area contributed by atoms with Gasteiger partial charge in [0, 0.05) is 0 Å². The fraction of sp³-hybridized carbons (Fsp3) is 0.208. The topological polar surface area (TPSA) is 69.0 Å². The fourth-order valence-corrected chi connectivity index (χ4v) is 3.38. The number of carbonyl (C=O) groups excluding carboxylic acids is 1. The van der Waals surface area contributed by atoms with Gasteiger partial charge in [-0.2, -0.15) is 4.80 Å². The van der Waals surface area contributed by atoms with E-state index in [-0.39, 0.29) is 12.5 Å². The lowest BCUT2D eigenvalue weighted by Gasteiger charge is -2.11. The van der Waals surface area contributed by atoms with Crippen LogP contribution < -0.4 is 10.1 Å². The molecule has 1 heterocycles. The molecule has 0 aliphatic carbocycles. The van der Waals surface area contributed by atoms with Crippen molar-refractivity contribution in [2.24, 2.45) is 0 Å². The largest absolute Gasteiger partial charge is 0.484 e. The number of para-hydroxylation sites is 1. The molecule has 31 heavy (non-hydrogen) atoms. The third-order valence-electron chi connectivity index (χ3n) is 5.16. The number of benzene rings is 3. The van der Waals surface area contributed by atoms with Crippen LogP contribution in [0.2, 0.25) is 5.02 Å². The molecule has 7 heteroatoms. The van der Waals surface area contributed by atoms with Crippen LogP contribution in [-0.2, 0) is 4.79 Å². The van der Waals surface area contributed by atoms with E-state index in [2.05, 4.69) is 29.4 Å². The summed E-state index contributed by atoms with van der Waals surface area (Å²) in [6, 6.07) is 20.8. The molecule has 0 aliphatic heterocycles. The van der Waals surface area contributed by atoms with E-state index in [0.717, 1.165) is 12.1 Å². The van der Waals surface area contributed by atoms with Crippen LogP contribution in [0.15, 0.2) is 66.7 Å². The average Bonchev–Trinajstić information content (AvgIpc) is 3.21. The van der Waals surface area contributed by atoms with E-state index >= 15 is 0 Å². The van der Waals surface area contributed by atoms with Gasteiger partial charge in [0.15, 0.2) is 6.61 Å². The second-order valence-electron chi connectivity index (χ2n) is 7.36. The third kappa shape index (κ3) is 4.86. The Morgan fingerprint density at radius 2 is 1.74 bits per heavy atom. The van der Waals surface area contributed by atoms with Gasteiger partial charge < -0.3 is 10.1 Å². The molecule has 1 N–H and O–H groups in total. The Balaban J connectivity index is 1.43. The van der Waals surface area contributed by atoms with Crippen LogP contribution in [0, 0.1) is 0 Å². The van der Waals surface area contributed by atoms with E-state index < -0.39 is 0 Å². The van der Waals surface area contributed by atoms with Crippen LogP contribution in [0.3, 0.4) is 0 Å². The number of rotatable bonds is 7. The van der Waals surface area contributed by atoms with E-state index in [9.17, 15) is 4.79 Å². The maximum atomic E-state index is 12.4. The van der Waals surface area contributed by atoms with Crippen molar-refractivity contribution >= 4 is 34.2 Å². The smallest absolute Gasteiger partial charge is 0.262 e. The highest BCUT2D eigenvalue weighted by atomic mass is 35.5. The predicted molar refractivity (Wildman–Crippen MR) is 123 cm³/mol. The lowest BCUT2D eigenvalue weighted by atomic mass is 9.99. The quantitative estimate of drug-likeness (QED) is 0.410. The van der Waals surface area contributed by atoms with Crippen molar-refractivity contribution in [1.29, 1.82) is 0 Å². The average molecular weight is 435 g/mol. The van der Waals surface area contributed by atoms with Crippen molar-refractivity contribution in [3.05, 3.63) is 77.3 Å². The molecule has 1 atom stereocenters. The van der Waals surface area contributed by atoms with E-state index in [1.54, 1.807) is 16.9 Å². The van der Waals surface area contributed by atoms with Crippen LogP contribution in [0.4, 0.5) is 5.69 Å². The first kappa shape index (κ1) is 20.9. The Bertz CT molecular complexity index is 1190. The highest BCUT2D eigenvalue weighted by Gasteiger charge is 2.12. The molecule has 0 saturated carbocycles. The van der Waals surface area contributed by atoms with Gasteiger partial charge in [0.25, 0.3) is 5.91 Å². The van der Waals surface area contributed by atoms with Gasteiger partial charge in [-0.1, -0.05) is 55.8 Å². The summed E-state index contributed by atoms with van der Waals surface area (Å²) in [6.07, 6.45) is 1.08. The van der Waals surface area contributed by atoms with Crippen molar-refractivity contribution in [2.75, 3.05) is 11.9 Å². The lowest BCUT2D eigenvalue weighted by Crippen LogP contribution is -2.20. The number of halogens is 1. The Morgan fingerprint density at radius 1 is 1.06 bits per heavy atom. The number of carbonyl (C=O) groups is 1. The molecule has 6 nitrogen and oxygen atoms in total. The molecule has 4 rings (SSSR count). The maximum Gasteiger partial charge on any atom is 0.262 e. The van der Waals surface area contributed by atoms with Crippen molar-refractivity contribution in [1.82, 2.24) is 15.0 Å².